The van der Waals surface area contributed by atoms with Crippen molar-refractivity contribution in [1.82, 2.24) is 0 Å². The normalized spacial score (nSPS) is 42.4. The standard InChI is InChI=1S/3C15H24O2/c3*1-9(2)14-12(16)7-11(4)15(14)6-5-10(3)13(17)8-15/h3*5,9,11-12,14,16H,6-8H2,1-4H3/t3*11-,12-,14-,15+/m111/s1. The highest BCUT2D eigenvalue weighted by molar-refractivity contribution is 5.97. The molecule has 0 amide bonds. The van der Waals surface area contributed by atoms with E-state index < -0.39 is 0 Å². The zero-order chi connectivity index (χ0) is 38.4. The minimum Gasteiger partial charge on any atom is -0.393 e. The minimum absolute atomic E-state index is 0.0180. The monoisotopic (exact) mass is 709 g/mol. The third kappa shape index (κ3) is 7.72. The largest absolute Gasteiger partial charge is 0.393 e. The van der Waals surface area contributed by atoms with Crippen LogP contribution in [-0.2, 0) is 14.4 Å². The Bertz CT molecular complexity index is 1230. The molecule has 0 aromatic rings. The Labute approximate surface area is 310 Å². The van der Waals surface area contributed by atoms with Crippen molar-refractivity contribution in [2.45, 2.75) is 159 Å². The van der Waals surface area contributed by atoms with Crippen LogP contribution in [-0.4, -0.2) is 51.0 Å². The Balaban J connectivity index is 0.000000172. The average molecular weight is 709 g/mol. The third-order valence-electron chi connectivity index (χ3n) is 15.3. The first kappa shape index (κ1) is 41.9. The van der Waals surface area contributed by atoms with Crippen molar-refractivity contribution in [3.63, 3.8) is 0 Å². The molecular weight excluding hydrogens is 636 g/mol. The van der Waals surface area contributed by atoms with Crippen LogP contribution in [0.2, 0.25) is 0 Å². The number of ketones is 3. The van der Waals surface area contributed by atoms with Gasteiger partial charge in [-0.2, -0.15) is 0 Å². The van der Waals surface area contributed by atoms with E-state index in [2.05, 4.69) is 80.5 Å². The molecule has 0 saturated heterocycles. The van der Waals surface area contributed by atoms with Gasteiger partial charge in [0.05, 0.1) is 18.3 Å². The third-order valence-corrected chi connectivity index (χ3v) is 15.3. The fraction of sp³-hybridized carbons (Fsp3) is 0.800. The summed E-state index contributed by atoms with van der Waals surface area (Å²) in [4.78, 5) is 36.1. The number of hydrogen-bond acceptors (Lipinski definition) is 6. The number of aliphatic hydroxyl groups is 3. The predicted molar refractivity (Wildman–Crippen MR) is 206 cm³/mol. The van der Waals surface area contributed by atoms with Gasteiger partial charge in [-0.05, 0) is 146 Å². The summed E-state index contributed by atoms with van der Waals surface area (Å²) in [5, 5.41) is 30.8. The van der Waals surface area contributed by atoms with E-state index in [4.69, 9.17) is 0 Å². The SMILES string of the molecule is CC1=CC[C@]2(CC1=O)[C@H](C)C[C@@H](O)[C@H]2C(C)C.CC1=CC[C@]2(CC1=O)[C@H](C)C[C@@H](O)[C@H]2C(C)C.CC1=CC[C@]2(CC1=O)[C@H](C)C[C@@H](O)[C@H]2C(C)C. The van der Waals surface area contributed by atoms with Crippen molar-refractivity contribution < 1.29 is 29.7 Å². The molecule has 0 unspecified atom stereocenters. The highest BCUT2D eigenvalue weighted by Gasteiger charge is 2.57. The molecule has 0 bridgehead atoms. The van der Waals surface area contributed by atoms with Gasteiger partial charge in [0.1, 0.15) is 0 Å². The summed E-state index contributed by atoms with van der Waals surface area (Å²) in [6.07, 6.45) is 12.9. The van der Waals surface area contributed by atoms with Crippen LogP contribution in [0.4, 0.5) is 0 Å². The second-order valence-electron chi connectivity index (χ2n) is 19.2. The summed E-state index contributed by atoms with van der Waals surface area (Å²) in [5.74, 6) is 4.30. The van der Waals surface area contributed by atoms with Gasteiger partial charge in [0.25, 0.3) is 0 Å². The van der Waals surface area contributed by atoms with Crippen LogP contribution in [0, 0.1) is 69.5 Å². The van der Waals surface area contributed by atoms with Crippen LogP contribution in [0.3, 0.4) is 0 Å². The van der Waals surface area contributed by atoms with Crippen molar-refractivity contribution >= 4 is 17.3 Å². The number of rotatable bonds is 3. The van der Waals surface area contributed by atoms with E-state index >= 15 is 0 Å². The molecule has 51 heavy (non-hydrogen) atoms. The number of allylic oxidation sites excluding steroid dienone is 6. The first-order valence-corrected chi connectivity index (χ1v) is 20.3. The molecule has 6 aliphatic carbocycles. The lowest BCUT2D eigenvalue weighted by Crippen LogP contribution is -2.40. The quantitative estimate of drug-likeness (QED) is 0.270. The van der Waals surface area contributed by atoms with Crippen molar-refractivity contribution in [2.24, 2.45) is 69.5 Å². The molecule has 3 saturated carbocycles. The second kappa shape index (κ2) is 15.8. The van der Waals surface area contributed by atoms with Crippen molar-refractivity contribution in [3.05, 3.63) is 34.9 Å². The van der Waals surface area contributed by atoms with E-state index in [1.54, 1.807) is 0 Å². The Morgan fingerprint density at radius 2 is 0.706 bits per heavy atom. The molecule has 6 aliphatic rings. The number of carbonyl (C=O) groups excluding carboxylic acids is 3. The van der Waals surface area contributed by atoms with Crippen LogP contribution in [0.15, 0.2) is 34.9 Å². The molecule has 288 valence electrons. The van der Waals surface area contributed by atoms with Gasteiger partial charge in [0.2, 0.25) is 0 Å². The number of Topliss-reactive ketones (excluding diaryl/α,β-unsaturated/α-hetero) is 3. The first-order chi connectivity index (χ1) is 23.6. The molecule has 12 atom stereocenters. The molecule has 0 radical (unpaired) electrons. The second-order valence-corrected chi connectivity index (χ2v) is 19.2. The molecule has 0 aromatic carbocycles. The van der Waals surface area contributed by atoms with Crippen molar-refractivity contribution in [1.29, 1.82) is 0 Å². The Morgan fingerprint density at radius 3 is 0.882 bits per heavy atom. The van der Waals surface area contributed by atoms with Gasteiger partial charge in [-0.25, -0.2) is 0 Å². The van der Waals surface area contributed by atoms with Gasteiger partial charge in [-0.3, -0.25) is 14.4 Å². The topological polar surface area (TPSA) is 112 Å². The summed E-state index contributed by atoms with van der Waals surface area (Å²) in [7, 11) is 0. The molecular formula is C45H72O6. The summed E-state index contributed by atoms with van der Waals surface area (Å²) >= 11 is 0. The molecule has 3 fully saturated rings. The summed E-state index contributed by atoms with van der Waals surface area (Å²) < 4.78 is 0. The lowest BCUT2D eigenvalue weighted by molar-refractivity contribution is -0.121. The van der Waals surface area contributed by atoms with Gasteiger partial charge in [-0.15, -0.1) is 0 Å². The average Bonchev–Trinajstić information content (AvgIpc) is 3.52. The van der Waals surface area contributed by atoms with Gasteiger partial charge < -0.3 is 15.3 Å². The van der Waals surface area contributed by atoms with Crippen LogP contribution >= 0.6 is 0 Å². The number of hydrogen-bond donors (Lipinski definition) is 3. The molecule has 6 nitrogen and oxygen atoms in total. The Hall–Kier alpha value is -1.89. The maximum atomic E-state index is 12.0. The zero-order valence-electron chi connectivity index (χ0n) is 34.1. The van der Waals surface area contributed by atoms with Crippen LogP contribution in [0.1, 0.15) is 141 Å². The highest BCUT2D eigenvalue weighted by Crippen LogP contribution is 2.59. The van der Waals surface area contributed by atoms with Crippen molar-refractivity contribution in [3.8, 4) is 0 Å². The Kier molecular flexibility index (Phi) is 13.0. The molecule has 0 heterocycles. The van der Waals surface area contributed by atoms with Crippen LogP contribution in [0.25, 0.3) is 0 Å². The van der Waals surface area contributed by atoms with Gasteiger partial charge in [0.15, 0.2) is 17.3 Å². The zero-order valence-corrected chi connectivity index (χ0v) is 34.1. The number of carbonyl (C=O) groups is 3. The van der Waals surface area contributed by atoms with E-state index in [0.29, 0.717) is 54.8 Å². The molecule has 3 spiro atoms. The van der Waals surface area contributed by atoms with E-state index in [-0.39, 0.29) is 69.7 Å². The molecule has 3 N–H and O–H groups in total. The lowest BCUT2D eigenvalue weighted by atomic mass is 9.61. The first-order valence-electron chi connectivity index (χ1n) is 20.3. The fourth-order valence-electron chi connectivity index (χ4n) is 12.5. The van der Waals surface area contributed by atoms with Crippen molar-refractivity contribution in [2.75, 3.05) is 0 Å². The molecule has 0 aliphatic heterocycles. The maximum absolute atomic E-state index is 12.0. The van der Waals surface area contributed by atoms with Gasteiger partial charge in [0, 0.05) is 19.3 Å². The van der Waals surface area contributed by atoms with E-state index in [1.165, 1.54) is 0 Å². The van der Waals surface area contributed by atoms with Gasteiger partial charge in [-0.1, -0.05) is 80.5 Å². The van der Waals surface area contributed by atoms with Crippen LogP contribution in [0.5, 0.6) is 0 Å². The smallest absolute Gasteiger partial charge is 0.158 e. The van der Waals surface area contributed by atoms with Crippen LogP contribution < -0.4 is 0 Å². The van der Waals surface area contributed by atoms with E-state index in [1.807, 2.05) is 20.8 Å². The summed E-state index contributed by atoms with van der Waals surface area (Å²) in [6.45, 7) is 25.4. The Morgan fingerprint density at radius 1 is 0.490 bits per heavy atom. The van der Waals surface area contributed by atoms with Gasteiger partial charge >= 0.3 is 0 Å². The minimum atomic E-state index is -0.232. The highest BCUT2D eigenvalue weighted by atomic mass is 16.3. The number of aliphatic hydroxyl groups excluding tert-OH is 3. The molecule has 6 rings (SSSR count). The fourth-order valence-corrected chi connectivity index (χ4v) is 12.5. The summed E-state index contributed by atoms with van der Waals surface area (Å²) in [5.41, 5.74) is 2.78. The van der Waals surface area contributed by atoms with E-state index in [0.717, 1.165) is 55.2 Å². The molecule has 0 aromatic heterocycles. The molecule has 6 heteroatoms. The summed E-state index contributed by atoms with van der Waals surface area (Å²) in [6, 6.07) is 0. The lowest BCUT2D eigenvalue weighted by Gasteiger charge is -2.43. The maximum Gasteiger partial charge on any atom is 0.158 e. The predicted octanol–water partition coefficient (Wildman–Crippen LogP) is 8.86. The van der Waals surface area contributed by atoms with E-state index in [9.17, 15) is 29.7 Å².